The van der Waals surface area contributed by atoms with Crippen LogP contribution in [0.15, 0.2) is 184 Å². The zero-order valence-electron chi connectivity index (χ0n) is 34.3. The predicted octanol–water partition coefficient (Wildman–Crippen LogP) is 10.3. The molecule has 3 aliphatic rings. The monoisotopic (exact) mass is 806 g/mol. The van der Waals surface area contributed by atoms with Gasteiger partial charge in [-0.05, 0) is 156 Å². The van der Waals surface area contributed by atoms with E-state index in [0.29, 0.717) is 5.56 Å². The third kappa shape index (κ3) is 7.36. The van der Waals surface area contributed by atoms with Crippen LogP contribution in [0, 0.1) is 0 Å². The maximum Gasteiger partial charge on any atom is 0.195 e. The number of carbonyl (C=O) groups excluding carboxylic acids is 1. The minimum atomic E-state index is 0.00195. The average Bonchev–Trinajstić information content (AvgIpc) is 3.94. The van der Waals surface area contributed by atoms with Gasteiger partial charge in [-0.15, -0.1) is 0 Å². The minimum Gasteiger partial charge on any atom is -0.289 e. The molecule has 9 nitrogen and oxygen atoms in total. The topological polar surface area (TPSA) is 146 Å². The van der Waals surface area contributed by atoms with Crippen LogP contribution in [0.4, 0.5) is 0 Å². The maximum atomic E-state index is 12.4. The summed E-state index contributed by atoms with van der Waals surface area (Å²) in [6, 6.07) is 37.6. The molecule has 0 bridgehead atoms. The molecule has 9 aromatic rings. The zero-order chi connectivity index (χ0) is 42.6. The SMILES string of the molecule is CC1(C)c2cnccc2-c2ccc(-c3ccncc3)cc21.NN.O=C1c2cnccc2-c2ccc(-c3ccncc3)cc21.c1cc(-c2ccc3c(c2)Cc2cnccc2-3)ccn1. The number of benzene rings is 3. The van der Waals surface area contributed by atoms with E-state index >= 15 is 0 Å². The highest BCUT2D eigenvalue weighted by atomic mass is 16.1. The number of hydrazine groups is 1. The van der Waals surface area contributed by atoms with Crippen LogP contribution in [-0.2, 0) is 11.8 Å². The first-order valence-corrected chi connectivity index (χ1v) is 20.3. The number of hydrogen-bond donors (Lipinski definition) is 2. The van der Waals surface area contributed by atoms with Gasteiger partial charge < -0.3 is 0 Å². The first kappa shape index (κ1) is 39.6. The van der Waals surface area contributed by atoms with E-state index in [0.717, 1.165) is 34.2 Å². The third-order valence-corrected chi connectivity index (χ3v) is 11.8. The number of carbonyl (C=O) groups is 1. The van der Waals surface area contributed by atoms with Gasteiger partial charge in [-0.3, -0.25) is 46.4 Å². The number of pyridine rings is 6. The van der Waals surface area contributed by atoms with Gasteiger partial charge in [0.05, 0.1) is 0 Å². The molecule has 0 unspecified atom stereocenters. The predicted molar refractivity (Wildman–Crippen MR) is 245 cm³/mol. The van der Waals surface area contributed by atoms with E-state index in [2.05, 4.69) is 116 Å². The van der Waals surface area contributed by atoms with Crippen LogP contribution in [0.3, 0.4) is 0 Å². The van der Waals surface area contributed by atoms with Crippen molar-refractivity contribution in [1.29, 1.82) is 0 Å². The zero-order valence-corrected chi connectivity index (χ0v) is 34.3. The van der Waals surface area contributed by atoms with Crippen molar-refractivity contribution in [2.24, 2.45) is 11.7 Å². The molecular weight excluding hydrogens is 765 g/mol. The standard InChI is InChI=1S/C19H16N2.C17H10N2O.C17H12N2.H4N2/c1-19(2)17-11-14(13-5-8-20-9-6-13)3-4-15(17)16-7-10-21-12-18(16)19;20-17-15-9-12(11-3-6-18-7-4-11)1-2-13(15)14-5-8-19-10-16(14)17;1-2-16-14(10-15-11-19-8-5-17(15)16)9-13(1)12-3-6-18-7-4-12;1-2/h3-12H,1-2H3;1-10H;1-9,11H,10H2;1-2H2. The quantitative estimate of drug-likeness (QED) is 0.132. The molecule has 6 aromatic heterocycles. The second-order valence-corrected chi connectivity index (χ2v) is 15.6. The normalized spacial score (nSPS) is 12.6. The smallest absolute Gasteiger partial charge is 0.195 e. The molecule has 62 heavy (non-hydrogen) atoms. The lowest BCUT2D eigenvalue weighted by molar-refractivity contribution is 0.104. The second-order valence-electron chi connectivity index (χ2n) is 15.6. The number of rotatable bonds is 3. The van der Waals surface area contributed by atoms with E-state index in [1.165, 1.54) is 66.8 Å². The van der Waals surface area contributed by atoms with Crippen LogP contribution in [0.5, 0.6) is 0 Å². The van der Waals surface area contributed by atoms with Crippen molar-refractivity contribution in [2.45, 2.75) is 25.7 Å². The largest absolute Gasteiger partial charge is 0.289 e. The van der Waals surface area contributed by atoms with Gasteiger partial charge in [-0.25, -0.2) is 0 Å². The molecule has 0 saturated carbocycles. The summed E-state index contributed by atoms with van der Waals surface area (Å²) >= 11 is 0. The number of ketones is 1. The Kier molecular flexibility index (Phi) is 10.9. The minimum absolute atomic E-state index is 0.00195. The Bertz CT molecular complexity index is 3060. The molecule has 9 heteroatoms. The van der Waals surface area contributed by atoms with Gasteiger partial charge in [0, 0.05) is 97.3 Å². The van der Waals surface area contributed by atoms with Crippen LogP contribution < -0.4 is 11.7 Å². The molecule has 12 rings (SSSR count). The summed E-state index contributed by atoms with van der Waals surface area (Å²) < 4.78 is 0. The molecule has 0 saturated heterocycles. The van der Waals surface area contributed by atoms with Crippen LogP contribution in [0.2, 0.25) is 0 Å². The van der Waals surface area contributed by atoms with Gasteiger partial charge >= 0.3 is 0 Å². The lowest BCUT2D eigenvalue weighted by atomic mass is 9.82. The first-order valence-electron chi connectivity index (χ1n) is 20.3. The van der Waals surface area contributed by atoms with Gasteiger partial charge in [0.15, 0.2) is 5.78 Å². The molecule has 0 radical (unpaired) electrons. The van der Waals surface area contributed by atoms with Crippen LogP contribution in [0.25, 0.3) is 66.8 Å². The molecule has 6 heterocycles. The lowest BCUT2D eigenvalue weighted by Gasteiger charge is -2.21. The molecule has 4 N–H and O–H groups in total. The fourth-order valence-corrected chi connectivity index (χ4v) is 8.70. The Balaban J connectivity index is 0.000000116. The van der Waals surface area contributed by atoms with Gasteiger partial charge in [-0.1, -0.05) is 56.3 Å². The van der Waals surface area contributed by atoms with E-state index < -0.39 is 0 Å². The summed E-state index contributed by atoms with van der Waals surface area (Å²) in [6.45, 7) is 4.55. The van der Waals surface area contributed by atoms with Crippen molar-refractivity contribution in [3.63, 3.8) is 0 Å². The van der Waals surface area contributed by atoms with Crippen molar-refractivity contribution >= 4 is 5.78 Å². The maximum absolute atomic E-state index is 12.4. The summed E-state index contributed by atoms with van der Waals surface area (Å²) in [5.74, 6) is 8.05. The molecule has 0 aliphatic heterocycles. The van der Waals surface area contributed by atoms with E-state index in [-0.39, 0.29) is 11.2 Å². The molecule has 3 aliphatic carbocycles. The summed E-state index contributed by atoms with van der Waals surface area (Å²) in [4.78, 5) is 37.2. The van der Waals surface area contributed by atoms with Crippen LogP contribution >= 0.6 is 0 Å². The van der Waals surface area contributed by atoms with Gasteiger partial charge in [0.2, 0.25) is 0 Å². The fourth-order valence-electron chi connectivity index (χ4n) is 8.70. The van der Waals surface area contributed by atoms with Gasteiger partial charge in [0.1, 0.15) is 0 Å². The second kappa shape index (κ2) is 17.0. The van der Waals surface area contributed by atoms with Crippen LogP contribution in [0.1, 0.15) is 52.0 Å². The number of nitrogens with two attached hydrogens (primary N) is 2. The number of hydrogen-bond acceptors (Lipinski definition) is 9. The Morgan fingerprint density at radius 1 is 0.371 bits per heavy atom. The van der Waals surface area contributed by atoms with E-state index in [1.807, 2.05) is 98.1 Å². The van der Waals surface area contributed by atoms with Crippen molar-refractivity contribution < 1.29 is 4.79 Å². The van der Waals surface area contributed by atoms with Crippen molar-refractivity contribution in [3.8, 4) is 66.8 Å². The molecule has 300 valence electrons. The highest BCUT2D eigenvalue weighted by molar-refractivity contribution is 6.22. The fraction of sp³-hybridized carbons (Fsp3) is 0.0755. The number of nitrogens with zero attached hydrogens (tertiary/aromatic N) is 6. The molecule has 0 fully saturated rings. The molecule has 0 spiro atoms. The van der Waals surface area contributed by atoms with Crippen molar-refractivity contribution in [2.75, 3.05) is 0 Å². The van der Waals surface area contributed by atoms with Crippen LogP contribution in [-0.4, -0.2) is 35.7 Å². The molecule has 3 aromatic carbocycles. The number of fused-ring (bicyclic) bond motifs is 9. The van der Waals surface area contributed by atoms with Crippen molar-refractivity contribution in [1.82, 2.24) is 29.9 Å². The summed E-state index contributed by atoms with van der Waals surface area (Å²) in [7, 11) is 0. The van der Waals surface area contributed by atoms with Gasteiger partial charge in [-0.2, -0.15) is 0 Å². The lowest BCUT2D eigenvalue weighted by Crippen LogP contribution is -2.15. The summed E-state index contributed by atoms with van der Waals surface area (Å²) in [5.41, 5.74) is 21.1. The van der Waals surface area contributed by atoms with Gasteiger partial charge in [0.25, 0.3) is 0 Å². The Morgan fingerprint density at radius 3 is 1.44 bits per heavy atom. The Morgan fingerprint density at radius 2 is 0.806 bits per heavy atom. The van der Waals surface area contributed by atoms with E-state index in [4.69, 9.17) is 0 Å². The Hall–Kier alpha value is -7.85. The summed E-state index contributed by atoms with van der Waals surface area (Å²) in [6.07, 6.45) is 22.9. The third-order valence-electron chi connectivity index (χ3n) is 11.8. The molecule has 0 amide bonds. The first-order chi connectivity index (χ1) is 30.4. The van der Waals surface area contributed by atoms with E-state index in [9.17, 15) is 4.79 Å². The average molecular weight is 807 g/mol. The van der Waals surface area contributed by atoms with Crippen molar-refractivity contribution in [3.05, 3.63) is 217 Å². The highest BCUT2D eigenvalue weighted by Crippen LogP contribution is 2.49. The summed E-state index contributed by atoms with van der Waals surface area (Å²) in [5, 5.41) is 0. The molecule has 0 atom stereocenters. The molecular formula is C53H42N8O. The van der Waals surface area contributed by atoms with E-state index in [1.54, 1.807) is 24.8 Å². The number of aromatic nitrogens is 6. The highest BCUT2D eigenvalue weighted by Gasteiger charge is 2.35. The Labute approximate surface area is 360 Å².